The minimum Gasteiger partial charge on any atom is -0.448 e. The fourth-order valence-corrected chi connectivity index (χ4v) is 0.894. The molecule has 1 aromatic heterocycles. The summed E-state index contributed by atoms with van der Waals surface area (Å²) in [6.45, 7) is 0.372. The highest BCUT2D eigenvalue weighted by molar-refractivity contribution is 6.18. The molecule has 0 aliphatic heterocycles. The number of nitrogens with one attached hydrogen (secondary N) is 3. The fraction of sp³-hybridized carbons (Fsp3) is 0.429. The SMILES string of the molecule is O=C(NCc1cc(=O)[nH][nH]1)OCCCl. The highest BCUT2D eigenvalue weighted by Crippen LogP contribution is 1.87. The number of ether oxygens (including phenoxy) is 1. The summed E-state index contributed by atoms with van der Waals surface area (Å²) in [5.41, 5.74) is 0.341. The molecule has 0 radical (unpaired) electrons. The molecular weight excluding hydrogens is 210 g/mol. The molecule has 0 aliphatic rings. The van der Waals surface area contributed by atoms with E-state index in [-0.39, 0.29) is 24.6 Å². The number of carbonyl (C=O) groups excluding carboxylic acids is 1. The third-order valence-electron chi connectivity index (χ3n) is 1.39. The van der Waals surface area contributed by atoms with Gasteiger partial charge in [-0.1, -0.05) is 0 Å². The number of halogens is 1. The van der Waals surface area contributed by atoms with Gasteiger partial charge in [0.05, 0.1) is 18.1 Å². The van der Waals surface area contributed by atoms with Gasteiger partial charge in [0.15, 0.2) is 0 Å². The molecule has 1 heterocycles. The van der Waals surface area contributed by atoms with Crippen molar-refractivity contribution in [3.05, 3.63) is 22.1 Å². The number of hydrogen-bond donors (Lipinski definition) is 3. The normalized spacial score (nSPS) is 9.79. The molecule has 1 rings (SSSR count). The summed E-state index contributed by atoms with van der Waals surface area (Å²) in [5.74, 6) is 0.258. The van der Waals surface area contributed by atoms with Gasteiger partial charge in [0.1, 0.15) is 6.61 Å². The molecule has 3 N–H and O–H groups in total. The molecule has 7 heteroatoms. The summed E-state index contributed by atoms with van der Waals surface area (Å²) >= 11 is 5.31. The van der Waals surface area contributed by atoms with Crippen LogP contribution in [0.3, 0.4) is 0 Å². The van der Waals surface area contributed by atoms with Crippen molar-refractivity contribution < 1.29 is 9.53 Å². The van der Waals surface area contributed by atoms with Gasteiger partial charge < -0.3 is 15.2 Å². The molecule has 78 valence electrons. The zero-order valence-electron chi connectivity index (χ0n) is 7.30. The lowest BCUT2D eigenvalue weighted by molar-refractivity contribution is 0.152. The number of alkyl carbamates (subject to hydrolysis) is 1. The van der Waals surface area contributed by atoms with E-state index in [1.807, 2.05) is 0 Å². The van der Waals surface area contributed by atoms with Crippen LogP contribution < -0.4 is 10.9 Å². The predicted molar refractivity (Wildman–Crippen MR) is 50.3 cm³/mol. The second-order valence-electron chi connectivity index (χ2n) is 2.46. The van der Waals surface area contributed by atoms with E-state index in [1.54, 1.807) is 0 Å². The van der Waals surface area contributed by atoms with Gasteiger partial charge in [-0.05, 0) is 0 Å². The molecule has 0 saturated carbocycles. The number of carbonyl (C=O) groups is 1. The maximum absolute atomic E-state index is 10.9. The second-order valence-corrected chi connectivity index (χ2v) is 2.84. The van der Waals surface area contributed by atoms with E-state index in [9.17, 15) is 9.59 Å². The monoisotopic (exact) mass is 219 g/mol. The van der Waals surface area contributed by atoms with E-state index in [0.717, 1.165) is 0 Å². The van der Waals surface area contributed by atoms with Crippen molar-refractivity contribution in [2.24, 2.45) is 0 Å². The standard InChI is InChI=1S/C7H10ClN3O3/c8-1-2-14-7(13)9-4-5-3-6(12)11-10-5/h3H,1-2,4H2,(H,9,13)(H2,10,11,12). The van der Waals surface area contributed by atoms with Gasteiger partial charge in [-0.2, -0.15) is 0 Å². The molecule has 14 heavy (non-hydrogen) atoms. The zero-order valence-corrected chi connectivity index (χ0v) is 8.06. The number of amides is 1. The van der Waals surface area contributed by atoms with Crippen LogP contribution in [-0.4, -0.2) is 28.8 Å². The maximum Gasteiger partial charge on any atom is 0.407 e. The van der Waals surface area contributed by atoms with Crippen molar-refractivity contribution in [2.45, 2.75) is 6.54 Å². The summed E-state index contributed by atoms with van der Waals surface area (Å²) < 4.78 is 4.64. The van der Waals surface area contributed by atoms with Crippen LogP contribution in [0.1, 0.15) is 5.69 Å². The molecule has 0 bridgehead atoms. The number of H-pyrrole nitrogens is 2. The molecule has 1 aromatic rings. The van der Waals surface area contributed by atoms with Crippen LogP contribution in [-0.2, 0) is 11.3 Å². The molecule has 6 nitrogen and oxygen atoms in total. The highest BCUT2D eigenvalue weighted by atomic mass is 35.5. The molecule has 0 fully saturated rings. The molecule has 0 saturated heterocycles. The van der Waals surface area contributed by atoms with Gasteiger partial charge in [-0.15, -0.1) is 11.6 Å². The highest BCUT2D eigenvalue weighted by Gasteiger charge is 2.02. The molecule has 0 unspecified atom stereocenters. The molecule has 0 aliphatic carbocycles. The van der Waals surface area contributed by atoms with E-state index in [4.69, 9.17) is 11.6 Å². The summed E-state index contributed by atoms with van der Waals surface area (Å²) in [5, 5.41) is 7.36. The van der Waals surface area contributed by atoms with Crippen LogP contribution in [0, 0.1) is 0 Å². The first kappa shape index (κ1) is 10.6. The first-order valence-electron chi connectivity index (χ1n) is 3.95. The Labute approximate surface area is 84.6 Å². The Hall–Kier alpha value is -1.43. The third-order valence-corrected chi connectivity index (χ3v) is 1.54. The Bertz CT molecular complexity index is 346. The third kappa shape index (κ3) is 3.53. The fourth-order valence-electron chi connectivity index (χ4n) is 0.817. The van der Waals surface area contributed by atoms with Crippen molar-refractivity contribution >= 4 is 17.7 Å². The summed E-state index contributed by atoms with van der Waals surface area (Å²) in [4.78, 5) is 21.5. The largest absolute Gasteiger partial charge is 0.448 e. The molecular formula is C7H10ClN3O3. The minimum absolute atomic E-state index is 0.164. The van der Waals surface area contributed by atoms with Gasteiger partial charge >= 0.3 is 6.09 Å². The molecule has 0 spiro atoms. The van der Waals surface area contributed by atoms with Crippen LogP contribution in [0.4, 0.5) is 4.79 Å². The smallest absolute Gasteiger partial charge is 0.407 e. The van der Waals surface area contributed by atoms with Crippen LogP contribution in [0.25, 0.3) is 0 Å². The quantitative estimate of drug-likeness (QED) is 0.631. The van der Waals surface area contributed by atoms with Gasteiger partial charge in [0, 0.05) is 6.07 Å². The summed E-state index contributed by atoms with van der Waals surface area (Å²) in [6, 6.07) is 1.35. The lowest BCUT2D eigenvalue weighted by Crippen LogP contribution is -2.24. The first-order chi connectivity index (χ1) is 6.72. The lowest BCUT2D eigenvalue weighted by Gasteiger charge is -2.03. The number of aromatic amines is 2. The predicted octanol–water partition coefficient (Wildman–Crippen LogP) is 0.168. The minimum atomic E-state index is -0.562. The van der Waals surface area contributed by atoms with E-state index in [0.29, 0.717) is 5.69 Å². The van der Waals surface area contributed by atoms with Crippen LogP contribution in [0.5, 0.6) is 0 Å². The molecule has 1 amide bonds. The van der Waals surface area contributed by atoms with Crippen molar-refractivity contribution in [1.29, 1.82) is 0 Å². The van der Waals surface area contributed by atoms with Gasteiger partial charge in [-0.3, -0.25) is 9.89 Å². The Kier molecular flexibility index (Phi) is 4.06. The van der Waals surface area contributed by atoms with Crippen molar-refractivity contribution in [2.75, 3.05) is 12.5 Å². The average molecular weight is 220 g/mol. The Morgan fingerprint density at radius 1 is 1.57 bits per heavy atom. The van der Waals surface area contributed by atoms with Crippen molar-refractivity contribution in [3.8, 4) is 0 Å². The van der Waals surface area contributed by atoms with Gasteiger partial charge in [0.25, 0.3) is 5.56 Å². The number of hydrogen-bond acceptors (Lipinski definition) is 3. The van der Waals surface area contributed by atoms with Crippen LogP contribution in [0.2, 0.25) is 0 Å². The maximum atomic E-state index is 10.9. The van der Waals surface area contributed by atoms with E-state index in [1.165, 1.54) is 6.07 Å². The van der Waals surface area contributed by atoms with Gasteiger partial charge in [-0.25, -0.2) is 4.79 Å². The van der Waals surface area contributed by atoms with Gasteiger partial charge in [0.2, 0.25) is 0 Å². The number of rotatable bonds is 4. The van der Waals surface area contributed by atoms with E-state index < -0.39 is 6.09 Å². The Morgan fingerprint density at radius 2 is 2.36 bits per heavy atom. The molecule has 0 aromatic carbocycles. The average Bonchev–Trinajstić information content (AvgIpc) is 2.58. The summed E-state index contributed by atoms with van der Waals surface area (Å²) in [6.07, 6.45) is -0.562. The topological polar surface area (TPSA) is 87.0 Å². The van der Waals surface area contributed by atoms with Crippen molar-refractivity contribution in [1.82, 2.24) is 15.5 Å². The lowest BCUT2D eigenvalue weighted by atomic mass is 10.4. The number of alkyl halides is 1. The van der Waals surface area contributed by atoms with E-state index in [2.05, 4.69) is 20.3 Å². The first-order valence-corrected chi connectivity index (χ1v) is 4.49. The van der Waals surface area contributed by atoms with Crippen molar-refractivity contribution in [3.63, 3.8) is 0 Å². The van der Waals surface area contributed by atoms with Crippen LogP contribution in [0.15, 0.2) is 10.9 Å². The zero-order chi connectivity index (χ0) is 10.4. The molecule has 0 atom stereocenters. The Morgan fingerprint density at radius 3 is 2.93 bits per heavy atom. The summed E-state index contributed by atoms with van der Waals surface area (Å²) in [7, 11) is 0. The second kappa shape index (κ2) is 5.33. The number of aromatic nitrogens is 2. The van der Waals surface area contributed by atoms with E-state index >= 15 is 0 Å². The Balaban J connectivity index is 2.27. The van der Waals surface area contributed by atoms with Crippen LogP contribution >= 0.6 is 11.6 Å².